The van der Waals surface area contributed by atoms with Crippen molar-refractivity contribution in [2.24, 2.45) is 11.7 Å². The Bertz CT molecular complexity index is 762. The summed E-state index contributed by atoms with van der Waals surface area (Å²) >= 11 is 0. The molecular formula is C22H30N4O. The van der Waals surface area contributed by atoms with Gasteiger partial charge in [0.1, 0.15) is 0 Å². The van der Waals surface area contributed by atoms with Gasteiger partial charge in [-0.2, -0.15) is 4.98 Å². The Balaban J connectivity index is 1.14. The van der Waals surface area contributed by atoms with Crippen molar-refractivity contribution in [1.29, 1.82) is 0 Å². The Morgan fingerprint density at radius 3 is 2.63 bits per heavy atom. The number of benzene rings is 1. The van der Waals surface area contributed by atoms with E-state index in [1.54, 1.807) is 0 Å². The number of nitrogens with two attached hydrogens (primary N) is 1. The molecule has 0 spiro atoms. The largest absolute Gasteiger partial charge is 0.339 e. The van der Waals surface area contributed by atoms with E-state index in [1.165, 1.54) is 37.7 Å². The molecule has 0 unspecified atom stereocenters. The van der Waals surface area contributed by atoms with Gasteiger partial charge >= 0.3 is 0 Å². The number of hydrogen-bond donors (Lipinski definition) is 2. The van der Waals surface area contributed by atoms with E-state index in [0.29, 0.717) is 23.9 Å². The third kappa shape index (κ3) is 3.81. The summed E-state index contributed by atoms with van der Waals surface area (Å²) in [6, 6.07) is 11.8. The summed E-state index contributed by atoms with van der Waals surface area (Å²) in [7, 11) is 0. The van der Waals surface area contributed by atoms with E-state index in [1.807, 2.05) is 0 Å². The lowest BCUT2D eigenvalue weighted by atomic mass is 9.84. The first kappa shape index (κ1) is 17.4. The Hall–Kier alpha value is -1.72. The van der Waals surface area contributed by atoms with Gasteiger partial charge in [0.2, 0.25) is 5.89 Å². The van der Waals surface area contributed by atoms with Crippen LogP contribution in [0.15, 0.2) is 34.9 Å². The minimum absolute atomic E-state index is 0.112. The molecule has 1 heterocycles. The quantitative estimate of drug-likeness (QED) is 0.786. The molecule has 3 aliphatic rings. The van der Waals surface area contributed by atoms with Crippen LogP contribution >= 0.6 is 0 Å². The first-order valence-electron chi connectivity index (χ1n) is 10.6. The number of nitrogens with one attached hydrogen (secondary N) is 1. The van der Waals surface area contributed by atoms with Gasteiger partial charge in [0.25, 0.3) is 0 Å². The SMILES string of the molecule is N[C@H]1CC[C@H](Cc2nc(C3(CN[C@H]4C[C@@H]4c4ccccc4)CC3)no2)CC1. The fourth-order valence-corrected chi connectivity index (χ4v) is 4.64. The number of nitrogens with zero attached hydrogens (tertiary/aromatic N) is 2. The Labute approximate surface area is 161 Å². The molecule has 27 heavy (non-hydrogen) atoms. The zero-order chi connectivity index (χ0) is 18.3. The van der Waals surface area contributed by atoms with Gasteiger partial charge in [0.15, 0.2) is 5.82 Å². The second-order valence-corrected chi connectivity index (χ2v) is 9.02. The molecule has 3 fully saturated rings. The minimum atomic E-state index is 0.112. The molecule has 5 rings (SSSR count). The average Bonchev–Trinajstić information content (AvgIpc) is 3.61. The summed E-state index contributed by atoms with van der Waals surface area (Å²) < 4.78 is 5.61. The third-order valence-corrected chi connectivity index (χ3v) is 6.87. The molecule has 144 valence electrons. The molecule has 3 aliphatic carbocycles. The fraction of sp³-hybridized carbons (Fsp3) is 0.636. The highest BCUT2D eigenvalue weighted by atomic mass is 16.5. The summed E-state index contributed by atoms with van der Waals surface area (Å²) in [5.74, 6) is 3.07. The molecule has 0 bridgehead atoms. The molecule has 1 aromatic heterocycles. The van der Waals surface area contributed by atoms with Gasteiger partial charge in [-0.1, -0.05) is 35.5 Å². The first-order valence-corrected chi connectivity index (χ1v) is 10.6. The normalized spacial score (nSPS) is 31.6. The Morgan fingerprint density at radius 1 is 1.11 bits per heavy atom. The van der Waals surface area contributed by atoms with E-state index >= 15 is 0 Å². The molecule has 3 N–H and O–H groups in total. The highest BCUT2D eigenvalue weighted by Gasteiger charge is 2.50. The molecule has 5 nitrogen and oxygen atoms in total. The second kappa shape index (κ2) is 7.02. The maximum Gasteiger partial charge on any atom is 0.226 e. The van der Waals surface area contributed by atoms with Crippen molar-refractivity contribution in [1.82, 2.24) is 15.5 Å². The molecule has 2 aromatic rings. The summed E-state index contributed by atoms with van der Waals surface area (Å²) in [4.78, 5) is 4.78. The van der Waals surface area contributed by atoms with Crippen molar-refractivity contribution < 1.29 is 4.52 Å². The zero-order valence-corrected chi connectivity index (χ0v) is 15.9. The van der Waals surface area contributed by atoms with Crippen LogP contribution in [0.1, 0.15) is 68.1 Å². The van der Waals surface area contributed by atoms with E-state index in [9.17, 15) is 0 Å². The van der Waals surface area contributed by atoms with Crippen LogP contribution in [0, 0.1) is 5.92 Å². The zero-order valence-electron chi connectivity index (χ0n) is 15.9. The number of rotatable bonds is 7. The van der Waals surface area contributed by atoms with Gasteiger partial charge in [0.05, 0.1) is 0 Å². The smallest absolute Gasteiger partial charge is 0.226 e. The lowest BCUT2D eigenvalue weighted by Gasteiger charge is -2.24. The van der Waals surface area contributed by atoms with Crippen molar-refractivity contribution in [2.45, 2.75) is 74.8 Å². The van der Waals surface area contributed by atoms with Gasteiger partial charge < -0.3 is 15.6 Å². The predicted octanol–water partition coefficient (Wildman–Crippen LogP) is 3.31. The van der Waals surface area contributed by atoms with Crippen LogP contribution in [-0.2, 0) is 11.8 Å². The highest BCUT2D eigenvalue weighted by molar-refractivity contribution is 5.28. The minimum Gasteiger partial charge on any atom is -0.339 e. The molecule has 5 heteroatoms. The highest BCUT2D eigenvalue weighted by Crippen LogP contribution is 2.48. The van der Waals surface area contributed by atoms with E-state index < -0.39 is 0 Å². The van der Waals surface area contributed by atoms with Crippen LogP contribution in [0.3, 0.4) is 0 Å². The summed E-state index contributed by atoms with van der Waals surface area (Å²) in [5.41, 5.74) is 7.58. The molecule has 2 atom stereocenters. The van der Waals surface area contributed by atoms with Gasteiger partial charge in [-0.15, -0.1) is 0 Å². The van der Waals surface area contributed by atoms with Crippen LogP contribution in [0.4, 0.5) is 0 Å². The lowest BCUT2D eigenvalue weighted by Crippen LogP contribution is -2.30. The van der Waals surface area contributed by atoms with Crippen molar-refractivity contribution in [2.75, 3.05) is 6.54 Å². The lowest BCUT2D eigenvalue weighted by molar-refractivity contribution is 0.287. The Kier molecular flexibility index (Phi) is 4.52. The van der Waals surface area contributed by atoms with Crippen LogP contribution in [0.2, 0.25) is 0 Å². The molecule has 0 aliphatic heterocycles. The van der Waals surface area contributed by atoms with Crippen LogP contribution in [0.25, 0.3) is 0 Å². The fourth-order valence-electron chi connectivity index (χ4n) is 4.64. The summed E-state index contributed by atoms with van der Waals surface area (Å²) in [6.07, 6.45) is 9.12. The molecule has 3 saturated carbocycles. The average molecular weight is 367 g/mol. The third-order valence-electron chi connectivity index (χ3n) is 6.87. The van der Waals surface area contributed by atoms with E-state index in [0.717, 1.165) is 37.5 Å². The molecular weight excluding hydrogens is 336 g/mol. The number of hydrogen-bond acceptors (Lipinski definition) is 5. The van der Waals surface area contributed by atoms with Gasteiger partial charge in [-0.25, -0.2) is 0 Å². The van der Waals surface area contributed by atoms with Crippen molar-refractivity contribution >= 4 is 0 Å². The standard InChI is InChI=1S/C22H30N4O/c23-17-8-6-15(7-9-17)12-20-25-21(26-27-20)22(10-11-22)14-24-19-13-18(19)16-4-2-1-3-5-16/h1-5,15,17-19,24H,6-14,23H2/t15-,17-,18-,19+/m1/s1. The topological polar surface area (TPSA) is 77.0 Å². The van der Waals surface area contributed by atoms with Crippen LogP contribution in [-0.4, -0.2) is 28.8 Å². The molecule has 0 radical (unpaired) electrons. The first-order chi connectivity index (χ1) is 13.2. The molecule has 0 saturated heterocycles. The van der Waals surface area contributed by atoms with Crippen molar-refractivity contribution in [3.05, 3.63) is 47.6 Å². The maximum absolute atomic E-state index is 6.01. The monoisotopic (exact) mass is 366 g/mol. The van der Waals surface area contributed by atoms with Gasteiger partial charge in [-0.3, -0.25) is 0 Å². The van der Waals surface area contributed by atoms with Crippen LogP contribution in [0.5, 0.6) is 0 Å². The summed E-state index contributed by atoms with van der Waals surface area (Å²) in [5, 5.41) is 8.12. The van der Waals surface area contributed by atoms with Crippen molar-refractivity contribution in [3.63, 3.8) is 0 Å². The molecule has 0 amide bonds. The van der Waals surface area contributed by atoms with Gasteiger partial charge in [-0.05, 0) is 56.4 Å². The molecule has 1 aromatic carbocycles. The van der Waals surface area contributed by atoms with Crippen LogP contribution < -0.4 is 11.1 Å². The van der Waals surface area contributed by atoms with Crippen molar-refractivity contribution in [3.8, 4) is 0 Å². The maximum atomic E-state index is 6.01. The van der Waals surface area contributed by atoms with E-state index in [4.69, 9.17) is 15.2 Å². The Morgan fingerprint density at radius 2 is 1.89 bits per heavy atom. The second-order valence-electron chi connectivity index (χ2n) is 9.02. The summed E-state index contributed by atoms with van der Waals surface area (Å²) in [6.45, 7) is 0.970. The van der Waals surface area contributed by atoms with E-state index in [-0.39, 0.29) is 5.41 Å². The van der Waals surface area contributed by atoms with E-state index in [2.05, 4.69) is 40.8 Å². The van der Waals surface area contributed by atoms with Gasteiger partial charge in [0, 0.05) is 36.4 Å². The number of aromatic nitrogens is 2. The predicted molar refractivity (Wildman–Crippen MR) is 104 cm³/mol.